The summed E-state index contributed by atoms with van der Waals surface area (Å²) in [4.78, 5) is 55.8. The Hall–Kier alpha value is -2.47. The van der Waals surface area contributed by atoms with Crippen molar-refractivity contribution in [2.45, 2.75) is 25.7 Å². The summed E-state index contributed by atoms with van der Waals surface area (Å²) >= 11 is 0. The molecule has 0 aromatic carbocycles. The normalized spacial score (nSPS) is 10.6. The van der Waals surface area contributed by atoms with Crippen LogP contribution in [-0.4, -0.2) is 82.3 Å². The molecule has 0 atom stereocenters. The van der Waals surface area contributed by atoms with Gasteiger partial charge >= 0.3 is 11.9 Å². The number of amides is 3. The van der Waals surface area contributed by atoms with Crippen LogP contribution in [0.15, 0.2) is 0 Å². The molecule has 0 fully saturated rings. The number of esters is 1. The van der Waals surface area contributed by atoms with Crippen LogP contribution in [0.2, 0.25) is 25.7 Å². The summed E-state index contributed by atoms with van der Waals surface area (Å²) < 4.78 is 9.89. The number of nitrogens with one attached hydrogen (secondary N) is 3. The molecule has 0 aliphatic rings. The molecule has 0 bridgehead atoms. The molecular weight excluding hydrogens is 378 g/mol. The summed E-state index contributed by atoms with van der Waals surface area (Å²) in [5, 5.41) is 14.9. The number of carbonyl (C=O) groups is 5. The van der Waals surface area contributed by atoms with Gasteiger partial charge in [-0.1, -0.05) is 19.6 Å². The molecule has 154 valence electrons. The lowest BCUT2D eigenvalue weighted by molar-refractivity contribution is -0.149. The Bertz CT molecular complexity index is 548. The van der Waals surface area contributed by atoms with Crippen molar-refractivity contribution < 1.29 is 38.6 Å². The summed E-state index contributed by atoms with van der Waals surface area (Å²) in [6.45, 7) is 4.63. The van der Waals surface area contributed by atoms with Gasteiger partial charge in [0.2, 0.25) is 17.7 Å². The second-order valence-electron chi connectivity index (χ2n) is 6.75. The van der Waals surface area contributed by atoms with E-state index in [0.717, 1.165) is 6.04 Å². The van der Waals surface area contributed by atoms with E-state index in [9.17, 15) is 24.0 Å². The number of ether oxygens (including phenoxy) is 2. The summed E-state index contributed by atoms with van der Waals surface area (Å²) in [6, 6.07) is 0.836. The Morgan fingerprint density at radius 2 is 1.33 bits per heavy atom. The maximum absolute atomic E-state index is 11.5. The summed E-state index contributed by atoms with van der Waals surface area (Å²) in [6.07, 6.45) is 0. The van der Waals surface area contributed by atoms with Gasteiger partial charge in [0.1, 0.15) is 19.8 Å². The number of hydrogen-bond acceptors (Lipinski definition) is 7. The van der Waals surface area contributed by atoms with Crippen LogP contribution in [0.1, 0.15) is 0 Å². The van der Waals surface area contributed by atoms with Gasteiger partial charge in [-0.25, -0.2) is 4.79 Å². The molecule has 0 saturated carbocycles. The second kappa shape index (κ2) is 12.8. The minimum absolute atomic E-state index is 0.324. The maximum Gasteiger partial charge on any atom is 0.332 e. The van der Waals surface area contributed by atoms with E-state index in [1.165, 1.54) is 0 Å². The third-order valence-corrected chi connectivity index (χ3v) is 4.60. The SMILES string of the molecule is C[Si](C)(C)CCOC(=O)COCC(=O)NCC(=O)NCC(=O)NCC(=O)O. The molecule has 0 saturated heterocycles. The average molecular weight is 405 g/mol. The van der Waals surface area contributed by atoms with Crippen molar-refractivity contribution in [1.29, 1.82) is 0 Å². The van der Waals surface area contributed by atoms with Gasteiger partial charge in [0, 0.05) is 8.07 Å². The third-order valence-electron chi connectivity index (χ3n) is 2.90. The van der Waals surface area contributed by atoms with Crippen molar-refractivity contribution in [3.63, 3.8) is 0 Å². The summed E-state index contributed by atoms with van der Waals surface area (Å²) in [7, 11) is -1.29. The van der Waals surface area contributed by atoms with E-state index in [-0.39, 0.29) is 6.61 Å². The lowest BCUT2D eigenvalue weighted by atomic mass is 10.5. The van der Waals surface area contributed by atoms with E-state index in [1.807, 2.05) is 0 Å². The minimum Gasteiger partial charge on any atom is -0.480 e. The van der Waals surface area contributed by atoms with Crippen LogP contribution in [-0.2, 0) is 33.4 Å². The molecule has 0 rings (SSSR count). The van der Waals surface area contributed by atoms with E-state index in [2.05, 4.69) is 35.6 Å². The van der Waals surface area contributed by atoms with Crippen molar-refractivity contribution >= 4 is 37.7 Å². The number of carbonyl (C=O) groups excluding carboxylic acids is 4. The van der Waals surface area contributed by atoms with Crippen LogP contribution < -0.4 is 16.0 Å². The molecule has 3 amide bonds. The largest absolute Gasteiger partial charge is 0.480 e. The van der Waals surface area contributed by atoms with Crippen LogP contribution in [0, 0.1) is 0 Å². The highest BCUT2D eigenvalue weighted by Crippen LogP contribution is 2.07. The lowest BCUT2D eigenvalue weighted by Gasteiger charge is -2.15. The number of hydrogen-bond donors (Lipinski definition) is 4. The molecule has 0 aliphatic heterocycles. The van der Waals surface area contributed by atoms with Crippen LogP contribution in [0.25, 0.3) is 0 Å². The van der Waals surface area contributed by atoms with E-state index < -0.39 is 64.0 Å². The predicted octanol–water partition coefficient (Wildman–Crippen LogP) is -1.68. The van der Waals surface area contributed by atoms with Crippen molar-refractivity contribution in [3.05, 3.63) is 0 Å². The number of aliphatic carboxylic acids is 1. The number of carboxylic acids is 1. The number of carboxylic acid groups (broad SMARTS) is 1. The van der Waals surface area contributed by atoms with E-state index in [0.29, 0.717) is 6.61 Å². The molecule has 0 aliphatic carbocycles. The minimum atomic E-state index is -1.29. The molecule has 0 heterocycles. The zero-order chi connectivity index (χ0) is 20.9. The molecule has 0 radical (unpaired) electrons. The van der Waals surface area contributed by atoms with Crippen LogP contribution >= 0.6 is 0 Å². The molecule has 27 heavy (non-hydrogen) atoms. The first-order chi connectivity index (χ1) is 12.5. The molecule has 0 spiro atoms. The highest BCUT2D eigenvalue weighted by atomic mass is 28.3. The van der Waals surface area contributed by atoms with Crippen LogP contribution in [0.3, 0.4) is 0 Å². The third kappa shape index (κ3) is 16.7. The van der Waals surface area contributed by atoms with Gasteiger partial charge in [0.05, 0.1) is 19.7 Å². The lowest BCUT2D eigenvalue weighted by Crippen LogP contribution is -2.43. The molecule has 0 aromatic heterocycles. The van der Waals surface area contributed by atoms with Crippen molar-refractivity contribution in [2.75, 3.05) is 39.5 Å². The Balaban J connectivity index is 3.75. The summed E-state index contributed by atoms with van der Waals surface area (Å²) in [5.74, 6) is -3.70. The van der Waals surface area contributed by atoms with Gasteiger partial charge in [-0.05, 0) is 6.04 Å². The standard InChI is InChI=1S/C15H27N3O8Si/c1-27(2,3)5-4-26-15(24)10-25-9-13(21)17-7-11(19)16-6-12(20)18-8-14(22)23/h4-10H2,1-3H3,(H,16,19)(H,17,21)(H,18,20)(H,22,23). The first-order valence-corrected chi connectivity index (χ1v) is 12.0. The van der Waals surface area contributed by atoms with E-state index in [1.54, 1.807) is 0 Å². The molecule has 12 heteroatoms. The smallest absolute Gasteiger partial charge is 0.332 e. The van der Waals surface area contributed by atoms with Crippen LogP contribution in [0.4, 0.5) is 0 Å². The van der Waals surface area contributed by atoms with Gasteiger partial charge in [0.15, 0.2) is 0 Å². The maximum atomic E-state index is 11.5. The molecular formula is C15H27N3O8Si. The first kappa shape index (κ1) is 24.5. The molecule has 0 unspecified atom stereocenters. The van der Waals surface area contributed by atoms with Gasteiger partial charge in [-0.2, -0.15) is 0 Å². The van der Waals surface area contributed by atoms with Gasteiger partial charge in [-0.3, -0.25) is 19.2 Å². The van der Waals surface area contributed by atoms with Crippen LogP contribution in [0.5, 0.6) is 0 Å². The second-order valence-corrected chi connectivity index (χ2v) is 12.4. The Morgan fingerprint density at radius 1 is 0.815 bits per heavy atom. The molecule has 0 aromatic rings. The van der Waals surface area contributed by atoms with Gasteiger partial charge in [-0.15, -0.1) is 0 Å². The highest BCUT2D eigenvalue weighted by molar-refractivity contribution is 6.76. The predicted molar refractivity (Wildman–Crippen MR) is 96.6 cm³/mol. The van der Waals surface area contributed by atoms with E-state index in [4.69, 9.17) is 14.6 Å². The number of rotatable bonds is 13. The van der Waals surface area contributed by atoms with E-state index >= 15 is 0 Å². The highest BCUT2D eigenvalue weighted by Gasteiger charge is 2.14. The van der Waals surface area contributed by atoms with Gasteiger partial charge in [0.25, 0.3) is 0 Å². The van der Waals surface area contributed by atoms with Crippen molar-refractivity contribution in [3.8, 4) is 0 Å². The Kier molecular flexibility index (Phi) is 11.6. The summed E-state index contributed by atoms with van der Waals surface area (Å²) in [5.41, 5.74) is 0. The Labute approximate surface area is 158 Å². The van der Waals surface area contributed by atoms with Gasteiger partial charge < -0.3 is 30.5 Å². The molecule has 4 N–H and O–H groups in total. The topological polar surface area (TPSA) is 160 Å². The first-order valence-electron chi connectivity index (χ1n) is 8.25. The zero-order valence-corrected chi connectivity index (χ0v) is 16.8. The fraction of sp³-hybridized carbons (Fsp3) is 0.667. The Morgan fingerprint density at radius 3 is 1.85 bits per heavy atom. The fourth-order valence-electron chi connectivity index (χ4n) is 1.45. The average Bonchev–Trinajstić information content (AvgIpc) is 2.55. The van der Waals surface area contributed by atoms with Crippen molar-refractivity contribution in [1.82, 2.24) is 16.0 Å². The monoisotopic (exact) mass is 405 g/mol. The zero-order valence-electron chi connectivity index (χ0n) is 15.8. The quantitative estimate of drug-likeness (QED) is 0.209. The molecule has 11 nitrogen and oxygen atoms in total. The van der Waals surface area contributed by atoms with Crippen molar-refractivity contribution in [2.24, 2.45) is 0 Å². The fourth-order valence-corrected chi connectivity index (χ4v) is 2.16.